The van der Waals surface area contributed by atoms with Crippen molar-refractivity contribution in [1.82, 2.24) is 0 Å². The van der Waals surface area contributed by atoms with Crippen LogP contribution in [0.2, 0.25) is 0 Å². The zero-order valence-electron chi connectivity index (χ0n) is 15.1. The topological polar surface area (TPSA) is 0 Å². The minimum atomic E-state index is 0. The Bertz CT molecular complexity index is 973. The molecule has 0 spiro atoms. The molecule has 1 radical (unpaired) electrons. The van der Waals surface area contributed by atoms with Crippen molar-refractivity contribution in [2.24, 2.45) is 0 Å². The third-order valence-corrected chi connectivity index (χ3v) is 5.01. The summed E-state index contributed by atoms with van der Waals surface area (Å²) in [6.45, 7) is 0. The number of halogens is 2. The Kier molecular flexibility index (Phi) is 7.84. The first kappa shape index (κ1) is 22.6. The second kappa shape index (κ2) is 9.70. The maximum absolute atomic E-state index is 3.52. The van der Waals surface area contributed by atoms with Crippen LogP contribution in [0.15, 0.2) is 91.0 Å². The summed E-state index contributed by atoms with van der Waals surface area (Å²) in [5, 5.41) is 0. The molecule has 28 heavy (non-hydrogen) atoms. The van der Waals surface area contributed by atoms with Crippen molar-refractivity contribution in [3.05, 3.63) is 108 Å². The van der Waals surface area contributed by atoms with Gasteiger partial charge in [0.2, 0.25) is 0 Å². The van der Waals surface area contributed by atoms with Gasteiger partial charge in [0.05, 0.1) is 0 Å². The van der Waals surface area contributed by atoms with Crippen LogP contribution in [0.4, 0.5) is 0 Å². The SMILES string of the molecule is [Cl-].[Cl-].[Zr+3].[c-]1cc(-c2ccccc2)cc2c1Cc1ccc(-c3ccccc3)cc1-2. The van der Waals surface area contributed by atoms with Crippen LogP contribution in [0, 0.1) is 6.07 Å². The van der Waals surface area contributed by atoms with E-state index in [1.165, 1.54) is 44.5 Å². The average Bonchev–Trinajstić information content (AvgIpc) is 3.06. The molecular formula is C25H17Cl2Zr. The van der Waals surface area contributed by atoms with Crippen molar-refractivity contribution in [3.63, 3.8) is 0 Å². The number of fused-ring (bicyclic) bond motifs is 3. The molecule has 5 rings (SSSR count). The second-order valence-electron chi connectivity index (χ2n) is 6.56. The van der Waals surface area contributed by atoms with E-state index in [1.54, 1.807) is 0 Å². The van der Waals surface area contributed by atoms with Gasteiger partial charge in [-0.3, -0.25) is 0 Å². The van der Waals surface area contributed by atoms with Gasteiger partial charge in [0.25, 0.3) is 0 Å². The van der Waals surface area contributed by atoms with Gasteiger partial charge < -0.3 is 24.8 Å². The largest absolute Gasteiger partial charge is 3.00 e. The molecule has 0 heterocycles. The van der Waals surface area contributed by atoms with E-state index >= 15 is 0 Å². The monoisotopic (exact) mass is 477 g/mol. The van der Waals surface area contributed by atoms with E-state index in [4.69, 9.17) is 0 Å². The smallest absolute Gasteiger partial charge is 1.00 e. The Morgan fingerprint density at radius 3 is 1.79 bits per heavy atom. The van der Waals surface area contributed by atoms with E-state index < -0.39 is 0 Å². The molecule has 0 unspecified atom stereocenters. The summed E-state index contributed by atoms with van der Waals surface area (Å²) in [6, 6.07) is 35.9. The van der Waals surface area contributed by atoms with E-state index in [-0.39, 0.29) is 51.0 Å². The first-order valence-corrected chi connectivity index (χ1v) is 8.67. The standard InChI is InChI=1S/C25H17.2ClH.Zr/c1-3-7-18(8-4-1)20-11-13-22-15-23-14-12-21(17-25(23)24(22)16-20)19-9-5-2-6-10-19;;;/h1-13,16-17H,15H2;2*1H;/q-1;;;+3/p-2. The molecule has 0 amide bonds. The third kappa shape index (κ3) is 4.18. The van der Waals surface area contributed by atoms with Crippen molar-refractivity contribution < 1.29 is 51.0 Å². The Morgan fingerprint density at radius 1 is 0.571 bits per heavy atom. The minimum Gasteiger partial charge on any atom is -1.00 e. The van der Waals surface area contributed by atoms with Crippen LogP contribution < -0.4 is 24.8 Å². The van der Waals surface area contributed by atoms with E-state index in [1.807, 2.05) is 0 Å². The predicted molar refractivity (Wildman–Crippen MR) is 104 cm³/mol. The third-order valence-electron chi connectivity index (χ3n) is 5.01. The molecule has 0 N–H and O–H groups in total. The van der Waals surface area contributed by atoms with Gasteiger partial charge in [0.1, 0.15) is 0 Å². The summed E-state index contributed by atoms with van der Waals surface area (Å²) < 4.78 is 0. The fourth-order valence-corrected chi connectivity index (χ4v) is 3.69. The molecule has 0 saturated heterocycles. The summed E-state index contributed by atoms with van der Waals surface area (Å²) in [6.07, 6.45) is 0.981. The van der Waals surface area contributed by atoms with Crippen molar-refractivity contribution in [3.8, 4) is 33.4 Å². The first-order chi connectivity index (χ1) is 12.4. The zero-order valence-corrected chi connectivity index (χ0v) is 19.1. The van der Waals surface area contributed by atoms with Gasteiger partial charge >= 0.3 is 26.2 Å². The van der Waals surface area contributed by atoms with Gasteiger partial charge in [0, 0.05) is 0 Å². The van der Waals surface area contributed by atoms with Crippen LogP contribution in [-0.4, -0.2) is 0 Å². The molecule has 4 aromatic rings. The van der Waals surface area contributed by atoms with Gasteiger partial charge in [-0.05, 0) is 17.5 Å². The van der Waals surface area contributed by atoms with Crippen molar-refractivity contribution in [1.29, 1.82) is 0 Å². The Morgan fingerprint density at radius 2 is 1.14 bits per heavy atom. The fourth-order valence-electron chi connectivity index (χ4n) is 3.69. The Balaban J connectivity index is 0.000000934. The van der Waals surface area contributed by atoms with Gasteiger partial charge in [-0.25, -0.2) is 0 Å². The summed E-state index contributed by atoms with van der Waals surface area (Å²) in [7, 11) is 0. The molecule has 0 aromatic heterocycles. The summed E-state index contributed by atoms with van der Waals surface area (Å²) in [5.41, 5.74) is 10.4. The van der Waals surface area contributed by atoms with Crippen molar-refractivity contribution in [2.45, 2.75) is 6.42 Å². The second-order valence-corrected chi connectivity index (χ2v) is 6.56. The van der Waals surface area contributed by atoms with Crippen LogP contribution in [0.3, 0.4) is 0 Å². The van der Waals surface area contributed by atoms with E-state index in [0.29, 0.717) is 0 Å². The number of hydrogen-bond acceptors (Lipinski definition) is 0. The molecule has 3 heteroatoms. The number of benzene rings is 4. The van der Waals surface area contributed by atoms with Crippen LogP contribution in [0.5, 0.6) is 0 Å². The fraction of sp³-hybridized carbons (Fsp3) is 0.0400. The summed E-state index contributed by atoms with van der Waals surface area (Å²) >= 11 is 0. The van der Waals surface area contributed by atoms with Crippen LogP contribution in [0.25, 0.3) is 33.4 Å². The molecule has 0 nitrogen and oxygen atoms in total. The molecule has 0 fully saturated rings. The van der Waals surface area contributed by atoms with Gasteiger partial charge in [-0.2, -0.15) is 23.8 Å². The molecule has 0 atom stereocenters. The molecule has 1 aliphatic carbocycles. The number of hydrogen-bond donors (Lipinski definition) is 0. The first-order valence-electron chi connectivity index (χ1n) is 8.67. The minimum absolute atomic E-state index is 0. The zero-order chi connectivity index (χ0) is 16.6. The quantitative estimate of drug-likeness (QED) is 0.322. The normalized spacial score (nSPS) is 10.6. The van der Waals surface area contributed by atoms with Crippen LogP contribution in [-0.2, 0) is 32.6 Å². The molecule has 4 aromatic carbocycles. The Hall–Kier alpha value is -1.66. The Labute approximate surface area is 198 Å². The average molecular weight is 480 g/mol. The summed E-state index contributed by atoms with van der Waals surface area (Å²) in [5.74, 6) is 0. The van der Waals surface area contributed by atoms with E-state index in [2.05, 4.69) is 97.1 Å². The number of rotatable bonds is 2. The van der Waals surface area contributed by atoms with E-state index in [9.17, 15) is 0 Å². The predicted octanol–water partition coefficient (Wildman–Crippen LogP) is 0.397. The summed E-state index contributed by atoms with van der Waals surface area (Å²) in [4.78, 5) is 0. The maximum Gasteiger partial charge on any atom is 3.00 e. The van der Waals surface area contributed by atoms with Crippen molar-refractivity contribution in [2.75, 3.05) is 0 Å². The van der Waals surface area contributed by atoms with Crippen LogP contribution >= 0.6 is 0 Å². The van der Waals surface area contributed by atoms with Crippen LogP contribution in [0.1, 0.15) is 11.1 Å². The van der Waals surface area contributed by atoms with Gasteiger partial charge in [-0.15, -0.1) is 11.1 Å². The molecule has 1 aliphatic rings. The molecule has 0 aliphatic heterocycles. The van der Waals surface area contributed by atoms with E-state index in [0.717, 1.165) is 6.42 Å². The van der Waals surface area contributed by atoms with Gasteiger partial charge in [-0.1, -0.05) is 95.6 Å². The molecule has 135 valence electrons. The molecular weight excluding hydrogens is 462 g/mol. The van der Waals surface area contributed by atoms with Gasteiger partial charge in [0.15, 0.2) is 0 Å². The molecule has 0 bridgehead atoms. The molecule has 0 saturated carbocycles. The van der Waals surface area contributed by atoms with Crippen molar-refractivity contribution >= 4 is 0 Å². The maximum atomic E-state index is 3.52.